The monoisotopic (exact) mass is 478 g/mol. The van der Waals surface area contributed by atoms with Crippen LogP contribution in [0.4, 0.5) is 22.0 Å². The van der Waals surface area contributed by atoms with Crippen molar-refractivity contribution in [3.8, 4) is 5.75 Å². The number of alkyl halides is 3. The van der Waals surface area contributed by atoms with Gasteiger partial charge in [0.1, 0.15) is 17.4 Å². The highest BCUT2D eigenvalue weighted by Gasteiger charge is 2.35. The van der Waals surface area contributed by atoms with Gasteiger partial charge >= 0.3 is 6.18 Å². The van der Waals surface area contributed by atoms with Crippen molar-refractivity contribution < 1.29 is 36.3 Å². The zero-order valence-electron chi connectivity index (χ0n) is 16.8. The van der Waals surface area contributed by atoms with E-state index in [4.69, 9.17) is 16.3 Å². The van der Waals surface area contributed by atoms with Crippen LogP contribution in [0.5, 0.6) is 5.75 Å². The van der Waals surface area contributed by atoms with E-state index in [1.54, 1.807) is 0 Å². The van der Waals surface area contributed by atoms with Gasteiger partial charge in [0.2, 0.25) is 5.91 Å². The molecule has 0 spiro atoms. The van der Waals surface area contributed by atoms with Gasteiger partial charge in [-0.1, -0.05) is 31.3 Å². The molecule has 1 aromatic rings. The van der Waals surface area contributed by atoms with Crippen LogP contribution in [0, 0.1) is 5.82 Å². The number of carbonyl (C=O) groups is 2. The van der Waals surface area contributed by atoms with Crippen LogP contribution in [0.2, 0.25) is 5.02 Å². The number of nitrogens with one attached hydrogen (secondary N) is 2. The normalized spacial score (nSPS) is 11.5. The molecule has 0 heterocycles. The number of halogens is 6. The second kappa shape index (κ2) is 12.0. The lowest BCUT2D eigenvalue weighted by atomic mass is 10.1. The summed E-state index contributed by atoms with van der Waals surface area (Å²) in [7, 11) is 0. The Kier molecular flexibility index (Phi) is 10.1. The number of hydrogen-bond donors (Lipinski definition) is 2. The molecule has 2 amide bonds. The fourth-order valence-corrected chi connectivity index (χ4v) is 2.26. The molecule has 0 aliphatic heterocycles. The van der Waals surface area contributed by atoms with Crippen LogP contribution in [0.15, 0.2) is 66.7 Å². The van der Waals surface area contributed by atoms with E-state index in [9.17, 15) is 31.5 Å². The molecule has 1 rings (SSSR count). The number of hydrogen-bond acceptors (Lipinski definition) is 3. The average molecular weight is 479 g/mol. The van der Waals surface area contributed by atoms with Crippen molar-refractivity contribution in [1.82, 2.24) is 10.6 Å². The highest BCUT2D eigenvalue weighted by atomic mass is 35.5. The molecule has 0 bridgehead atoms. The summed E-state index contributed by atoms with van der Waals surface area (Å²) in [5, 5.41) is 4.61. The molecule has 2 N–H and O–H groups in total. The molecular weight excluding hydrogens is 459 g/mol. The van der Waals surface area contributed by atoms with Gasteiger partial charge in [0.05, 0.1) is 10.6 Å². The van der Waals surface area contributed by atoms with E-state index in [0.717, 1.165) is 6.07 Å². The Morgan fingerprint density at radius 2 is 1.78 bits per heavy atom. The number of ether oxygens (including phenoxy) is 1. The smallest absolute Gasteiger partial charge is 0.419 e. The molecular formula is C21H20ClF5N2O3. The van der Waals surface area contributed by atoms with Crippen molar-refractivity contribution in [3.05, 3.63) is 77.5 Å². The first-order valence-electron chi connectivity index (χ1n) is 8.93. The minimum atomic E-state index is -4.94. The first-order chi connectivity index (χ1) is 14.8. The Bertz CT molecular complexity index is 942. The van der Waals surface area contributed by atoms with Gasteiger partial charge in [0.25, 0.3) is 5.91 Å². The molecule has 0 radical (unpaired) electrons. The highest BCUT2D eigenvalue weighted by Crippen LogP contribution is 2.31. The molecule has 0 aromatic heterocycles. The molecule has 1 aromatic carbocycles. The quantitative estimate of drug-likeness (QED) is 0.351. The van der Waals surface area contributed by atoms with Crippen LogP contribution in [0.1, 0.15) is 12.8 Å². The van der Waals surface area contributed by atoms with Crippen LogP contribution >= 0.6 is 11.6 Å². The van der Waals surface area contributed by atoms with E-state index in [-0.39, 0.29) is 41.4 Å². The predicted octanol–water partition coefficient (Wildman–Crippen LogP) is 4.91. The highest BCUT2D eigenvalue weighted by molar-refractivity contribution is 6.30. The number of carbonyl (C=O) groups excluding carboxylic acids is 2. The summed E-state index contributed by atoms with van der Waals surface area (Å²) in [6, 6.07) is 3.66. The third kappa shape index (κ3) is 9.78. The number of amides is 2. The van der Waals surface area contributed by atoms with Crippen LogP contribution in [0.3, 0.4) is 0 Å². The van der Waals surface area contributed by atoms with Crippen molar-refractivity contribution in [1.29, 1.82) is 0 Å². The standard InChI is InChI=1S/C21H20ClF5N2O3/c1-12(8-16(14(3)23)21(25,26)27)10-28-19(30)7-4-13(2)29-20(31)11-32-15-5-6-17(22)18(24)9-15/h5-6,8-9H,1-4,7,10-11H2,(H,28,30)(H,29,31)/b16-8+. The molecule has 0 aliphatic carbocycles. The van der Waals surface area contributed by atoms with E-state index in [1.165, 1.54) is 12.1 Å². The summed E-state index contributed by atoms with van der Waals surface area (Å²) in [6.07, 6.45) is -4.60. The molecule has 5 nitrogen and oxygen atoms in total. The van der Waals surface area contributed by atoms with Crippen LogP contribution < -0.4 is 15.4 Å². The Morgan fingerprint density at radius 1 is 1.12 bits per heavy atom. The van der Waals surface area contributed by atoms with Crippen molar-refractivity contribution >= 4 is 23.4 Å². The van der Waals surface area contributed by atoms with Crippen LogP contribution in [-0.2, 0) is 9.59 Å². The van der Waals surface area contributed by atoms with E-state index < -0.39 is 41.8 Å². The van der Waals surface area contributed by atoms with Gasteiger partial charge in [-0.05, 0) is 30.2 Å². The van der Waals surface area contributed by atoms with Crippen molar-refractivity contribution in [2.45, 2.75) is 19.0 Å². The Balaban J connectivity index is 2.38. The average Bonchev–Trinajstić information content (AvgIpc) is 2.68. The van der Waals surface area contributed by atoms with E-state index in [2.05, 4.69) is 30.4 Å². The first kappa shape index (κ1) is 26.9. The van der Waals surface area contributed by atoms with Crippen LogP contribution in [0.25, 0.3) is 0 Å². The van der Waals surface area contributed by atoms with E-state index >= 15 is 0 Å². The molecule has 11 heteroatoms. The minimum Gasteiger partial charge on any atom is -0.484 e. The lowest BCUT2D eigenvalue weighted by Gasteiger charge is -2.12. The SMILES string of the molecule is C=C(/C=C(\C(=C)F)C(F)(F)F)CNC(=O)CCC(=C)NC(=O)COc1ccc(Cl)c(F)c1. The maximum absolute atomic E-state index is 13.3. The molecule has 0 saturated carbocycles. The Hall–Kier alpha value is -3.14. The Morgan fingerprint density at radius 3 is 2.34 bits per heavy atom. The van der Waals surface area contributed by atoms with Crippen LogP contribution in [-0.4, -0.2) is 31.1 Å². The van der Waals surface area contributed by atoms with Crippen molar-refractivity contribution in [3.63, 3.8) is 0 Å². The summed E-state index contributed by atoms with van der Waals surface area (Å²) in [5.41, 5.74) is -1.59. The second-order valence-electron chi connectivity index (χ2n) is 6.41. The van der Waals surface area contributed by atoms with Gasteiger partial charge in [-0.3, -0.25) is 9.59 Å². The second-order valence-corrected chi connectivity index (χ2v) is 6.82. The van der Waals surface area contributed by atoms with Crippen molar-refractivity contribution in [2.24, 2.45) is 0 Å². The fraction of sp³-hybridized carbons (Fsp3) is 0.238. The summed E-state index contributed by atoms with van der Waals surface area (Å²) >= 11 is 5.54. The van der Waals surface area contributed by atoms with Gasteiger partial charge in [-0.25, -0.2) is 8.78 Å². The largest absolute Gasteiger partial charge is 0.484 e. The summed E-state index contributed by atoms with van der Waals surface area (Å²) in [5.74, 6) is -3.44. The van der Waals surface area contributed by atoms with Gasteiger partial charge in [-0.15, -0.1) is 0 Å². The maximum Gasteiger partial charge on any atom is 0.419 e. The zero-order chi connectivity index (χ0) is 24.5. The van der Waals surface area contributed by atoms with Gasteiger partial charge in [0, 0.05) is 24.7 Å². The first-order valence-corrected chi connectivity index (χ1v) is 9.31. The predicted molar refractivity (Wildman–Crippen MR) is 110 cm³/mol. The summed E-state index contributed by atoms with van der Waals surface area (Å²) in [4.78, 5) is 23.6. The van der Waals surface area contributed by atoms with Crippen molar-refractivity contribution in [2.75, 3.05) is 13.2 Å². The molecule has 0 saturated heterocycles. The molecule has 0 fully saturated rings. The number of allylic oxidation sites excluding steroid dienone is 3. The summed E-state index contributed by atoms with van der Waals surface area (Å²) < 4.78 is 69.3. The Labute approximate surface area is 186 Å². The number of rotatable bonds is 11. The molecule has 0 atom stereocenters. The zero-order valence-corrected chi connectivity index (χ0v) is 17.5. The topological polar surface area (TPSA) is 67.4 Å². The molecule has 174 valence electrons. The lowest BCUT2D eigenvalue weighted by molar-refractivity contribution is -0.123. The summed E-state index contributed by atoms with van der Waals surface area (Å²) in [6.45, 7) is 8.74. The number of benzene rings is 1. The van der Waals surface area contributed by atoms with E-state index in [1.807, 2.05) is 0 Å². The van der Waals surface area contributed by atoms with Gasteiger partial charge in [0.15, 0.2) is 6.61 Å². The van der Waals surface area contributed by atoms with Gasteiger partial charge < -0.3 is 15.4 Å². The lowest BCUT2D eigenvalue weighted by Crippen LogP contribution is -2.29. The maximum atomic E-state index is 13.3. The third-order valence-corrected chi connectivity index (χ3v) is 4.00. The molecule has 0 aliphatic rings. The van der Waals surface area contributed by atoms with E-state index in [0.29, 0.717) is 6.08 Å². The third-order valence-electron chi connectivity index (χ3n) is 3.69. The van der Waals surface area contributed by atoms with Gasteiger partial charge in [-0.2, -0.15) is 13.2 Å². The molecule has 0 unspecified atom stereocenters. The minimum absolute atomic E-state index is 0.0323. The molecule has 32 heavy (non-hydrogen) atoms. The fourth-order valence-electron chi connectivity index (χ4n) is 2.15.